The number of aryl methyl sites for hydroxylation is 1. The SMILES string of the molecule is CCC(N)Cc1cccnc1Oc1ccc(C)c(F)c1. The Balaban J connectivity index is 2.22. The van der Waals surface area contributed by atoms with Crippen molar-refractivity contribution < 1.29 is 9.13 Å². The Labute approximate surface area is 118 Å². The summed E-state index contributed by atoms with van der Waals surface area (Å²) in [7, 11) is 0. The predicted molar refractivity (Wildman–Crippen MR) is 77.4 cm³/mol. The zero-order valence-corrected chi connectivity index (χ0v) is 11.8. The summed E-state index contributed by atoms with van der Waals surface area (Å²) in [4.78, 5) is 4.21. The normalized spacial score (nSPS) is 12.2. The van der Waals surface area contributed by atoms with Gasteiger partial charge in [0, 0.05) is 23.9 Å². The van der Waals surface area contributed by atoms with E-state index in [4.69, 9.17) is 10.5 Å². The number of hydrogen-bond donors (Lipinski definition) is 1. The molecule has 2 rings (SSSR count). The van der Waals surface area contributed by atoms with Gasteiger partial charge in [-0.05, 0) is 37.5 Å². The molecule has 0 radical (unpaired) electrons. The van der Waals surface area contributed by atoms with E-state index in [9.17, 15) is 4.39 Å². The van der Waals surface area contributed by atoms with Gasteiger partial charge in [-0.1, -0.05) is 19.1 Å². The van der Waals surface area contributed by atoms with Crippen molar-refractivity contribution in [2.45, 2.75) is 32.7 Å². The molecule has 0 bridgehead atoms. The zero-order valence-electron chi connectivity index (χ0n) is 11.8. The molecule has 0 aliphatic carbocycles. The Morgan fingerprint density at radius 2 is 2.15 bits per heavy atom. The number of benzene rings is 1. The molecule has 1 heterocycles. The van der Waals surface area contributed by atoms with Gasteiger partial charge in [-0.15, -0.1) is 0 Å². The number of nitrogens with zero attached hydrogens (tertiary/aromatic N) is 1. The third kappa shape index (κ3) is 3.54. The van der Waals surface area contributed by atoms with Crippen molar-refractivity contribution in [2.24, 2.45) is 5.73 Å². The van der Waals surface area contributed by atoms with Gasteiger partial charge in [-0.25, -0.2) is 9.37 Å². The predicted octanol–water partition coefficient (Wildman–Crippen LogP) is 3.60. The molecule has 3 nitrogen and oxygen atoms in total. The average molecular weight is 274 g/mol. The van der Waals surface area contributed by atoms with Crippen LogP contribution in [0, 0.1) is 12.7 Å². The summed E-state index contributed by atoms with van der Waals surface area (Å²) in [6.07, 6.45) is 3.22. The van der Waals surface area contributed by atoms with E-state index in [0.29, 0.717) is 23.6 Å². The van der Waals surface area contributed by atoms with Crippen LogP contribution in [-0.2, 0) is 6.42 Å². The molecule has 1 unspecified atom stereocenters. The number of pyridine rings is 1. The molecule has 0 aliphatic rings. The minimum absolute atomic E-state index is 0.0660. The van der Waals surface area contributed by atoms with Gasteiger partial charge in [0.1, 0.15) is 11.6 Å². The van der Waals surface area contributed by atoms with E-state index in [1.807, 2.05) is 19.1 Å². The number of rotatable bonds is 5. The standard InChI is InChI=1S/C16H19FN2O/c1-3-13(18)9-12-5-4-8-19-16(12)20-14-7-6-11(2)15(17)10-14/h4-8,10,13H,3,9,18H2,1-2H3. The molecule has 0 amide bonds. The van der Waals surface area contributed by atoms with E-state index in [2.05, 4.69) is 4.98 Å². The van der Waals surface area contributed by atoms with E-state index >= 15 is 0 Å². The van der Waals surface area contributed by atoms with Crippen LogP contribution in [0.2, 0.25) is 0 Å². The number of ether oxygens (including phenoxy) is 1. The fraction of sp³-hybridized carbons (Fsp3) is 0.312. The minimum atomic E-state index is -0.287. The lowest BCUT2D eigenvalue weighted by Crippen LogP contribution is -2.21. The molecule has 1 aromatic carbocycles. The summed E-state index contributed by atoms with van der Waals surface area (Å²) in [6.45, 7) is 3.75. The van der Waals surface area contributed by atoms with Crippen LogP contribution in [0.1, 0.15) is 24.5 Å². The summed E-state index contributed by atoms with van der Waals surface area (Å²) >= 11 is 0. The van der Waals surface area contributed by atoms with Gasteiger partial charge >= 0.3 is 0 Å². The van der Waals surface area contributed by atoms with Crippen molar-refractivity contribution in [3.8, 4) is 11.6 Å². The number of aromatic nitrogens is 1. The molecule has 1 atom stereocenters. The van der Waals surface area contributed by atoms with Gasteiger partial charge in [0.15, 0.2) is 0 Å². The average Bonchev–Trinajstić information content (AvgIpc) is 2.45. The van der Waals surface area contributed by atoms with Crippen LogP contribution in [0.25, 0.3) is 0 Å². The number of halogens is 1. The molecule has 106 valence electrons. The Bertz CT molecular complexity index is 586. The van der Waals surface area contributed by atoms with Crippen LogP contribution in [-0.4, -0.2) is 11.0 Å². The van der Waals surface area contributed by atoms with Gasteiger partial charge in [0.2, 0.25) is 5.88 Å². The van der Waals surface area contributed by atoms with E-state index < -0.39 is 0 Å². The van der Waals surface area contributed by atoms with Crippen molar-refractivity contribution in [1.82, 2.24) is 4.98 Å². The molecule has 0 saturated heterocycles. The van der Waals surface area contributed by atoms with Crippen LogP contribution in [0.15, 0.2) is 36.5 Å². The van der Waals surface area contributed by atoms with Gasteiger partial charge in [-0.3, -0.25) is 0 Å². The lowest BCUT2D eigenvalue weighted by atomic mass is 10.1. The van der Waals surface area contributed by atoms with Gasteiger partial charge < -0.3 is 10.5 Å². The first-order chi connectivity index (χ1) is 9.60. The molecule has 0 saturated carbocycles. The van der Waals surface area contributed by atoms with E-state index in [-0.39, 0.29) is 11.9 Å². The fourth-order valence-corrected chi connectivity index (χ4v) is 1.85. The second kappa shape index (κ2) is 6.48. The summed E-state index contributed by atoms with van der Waals surface area (Å²) in [5, 5.41) is 0. The highest BCUT2D eigenvalue weighted by atomic mass is 19.1. The molecule has 20 heavy (non-hydrogen) atoms. The topological polar surface area (TPSA) is 48.1 Å². The highest BCUT2D eigenvalue weighted by Gasteiger charge is 2.10. The minimum Gasteiger partial charge on any atom is -0.439 e. The molecule has 0 aliphatic heterocycles. The van der Waals surface area contributed by atoms with Gasteiger partial charge in [0.05, 0.1) is 0 Å². The van der Waals surface area contributed by atoms with Crippen molar-refractivity contribution >= 4 is 0 Å². The maximum absolute atomic E-state index is 13.5. The molecular formula is C16H19FN2O. The Kier molecular flexibility index (Phi) is 4.69. The van der Waals surface area contributed by atoms with Crippen molar-refractivity contribution in [3.05, 3.63) is 53.5 Å². The lowest BCUT2D eigenvalue weighted by molar-refractivity contribution is 0.447. The van der Waals surface area contributed by atoms with Gasteiger partial charge in [-0.2, -0.15) is 0 Å². The van der Waals surface area contributed by atoms with Crippen molar-refractivity contribution in [3.63, 3.8) is 0 Å². The molecule has 2 aromatic rings. The summed E-state index contributed by atoms with van der Waals surface area (Å²) in [6, 6.07) is 8.63. The molecular weight excluding hydrogens is 255 g/mol. The first-order valence-corrected chi connectivity index (χ1v) is 6.73. The molecule has 4 heteroatoms. The van der Waals surface area contributed by atoms with Crippen LogP contribution in [0.3, 0.4) is 0 Å². The monoisotopic (exact) mass is 274 g/mol. The Hall–Kier alpha value is -1.94. The van der Waals surface area contributed by atoms with Crippen LogP contribution < -0.4 is 10.5 Å². The highest BCUT2D eigenvalue weighted by molar-refractivity contribution is 5.34. The van der Waals surface area contributed by atoms with Crippen LogP contribution >= 0.6 is 0 Å². The number of hydrogen-bond acceptors (Lipinski definition) is 3. The van der Waals surface area contributed by atoms with Crippen molar-refractivity contribution in [1.29, 1.82) is 0 Å². The van der Waals surface area contributed by atoms with Gasteiger partial charge in [0.25, 0.3) is 0 Å². The lowest BCUT2D eigenvalue weighted by Gasteiger charge is -2.13. The first kappa shape index (κ1) is 14.5. The van der Waals surface area contributed by atoms with Crippen LogP contribution in [0.4, 0.5) is 4.39 Å². The third-order valence-electron chi connectivity index (χ3n) is 3.21. The van der Waals surface area contributed by atoms with E-state index in [1.165, 1.54) is 6.07 Å². The summed E-state index contributed by atoms with van der Waals surface area (Å²) in [5.41, 5.74) is 7.49. The van der Waals surface area contributed by atoms with Crippen LogP contribution in [0.5, 0.6) is 11.6 Å². The maximum Gasteiger partial charge on any atom is 0.222 e. The maximum atomic E-state index is 13.5. The quantitative estimate of drug-likeness (QED) is 0.906. The molecule has 1 aromatic heterocycles. The highest BCUT2D eigenvalue weighted by Crippen LogP contribution is 2.25. The third-order valence-corrected chi connectivity index (χ3v) is 3.21. The molecule has 0 fully saturated rings. The molecule has 2 N–H and O–H groups in total. The fourth-order valence-electron chi connectivity index (χ4n) is 1.85. The van der Waals surface area contributed by atoms with E-state index in [0.717, 1.165) is 12.0 Å². The summed E-state index contributed by atoms with van der Waals surface area (Å²) in [5.74, 6) is 0.642. The smallest absolute Gasteiger partial charge is 0.222 e. The summed E-state index contributed by atoms with van der Waals surface area (Å²) < 4.78 is 19.2. The molecule has 0 spiro atoms. The second-order valence-electron chi connectivity index (χ2n) is 4.85. The van der Waals surface area contributed by atoms with E-state index in [1.54, 1.807) is 25.3 Å². The Morgan fingerprint density at radius 1 is 1.35 bits per heavy atom. The van der Waals surface area contributed by atoms with Crippen molar-refractivity contribution in [2.75, 3.05) is 0 Å². The second-order valence-corrected chi connectivity index (χ2v) is 4.85. The zero-order chi connectivity index (χ0) is 14.5. The number of nitrogens with two attached hydrogens (primary N) is 1. The Morgan fingerprint density at radius 3 is 2.85 bits per heavy atom. The first-order valence-electron chi connectivity index (χ1n) is 6.73. The largest absolute Gasteiger partial charge is 0.439 e.